The first-order valence-electron chi connectivity index (χ1n) is 5.82. The number of hydrogen-bond acceptors (Lipinski definition) is 4. The molecule has 0 aliphatic heterocycles. The number of phenols is 1. The van der Waals surface area contributed by atoms with E-state index in [2.05, 4.69) is 5.32 Å². The third-order valence-electron chi connectivity index (χ3n) is 2.52. The zero-order valence-electron chi connectivity index (χ0n) is 10.9. The summed E-state index contributed by atoms with van der Waals surface area (Å²) in [5, 5.41) is 12.4. The second-order valence-electron chi connectivity index (χ2n) is 4.41. The van der Waals surface area contributed by atoms with Crippen LogP contribution in [-0.4, -0.2) is 38.9 Å². The minimum Gasteiger partial charge on any atom is -0.508 e. The van der Waals surface area contributed by atoms with Gasteiger partial charge in [0.25, 0.3) is 0 Å². The summed E-state index contributed by atoms with van der Waals surface area (Å²) >= 11 is 0. The summed E-state index contributed by atoms with van der Waals surface area (Å²) in [5.41, 5.74) is 0.458. The second-order valence-corrected chi connectivity index (χ2v) is 6.53. The molecule has 0 saturated heterocycles. The first kappa shape index (κ1) is 14.8. The van der Waals surface area contributed by atoms with E-state index in [-0.39, 0.29) is 17.5 Å². The normalized spacial score (nSPS) is 11.8. The number of phenolic OH excluding ortho intramolecular Hbond substituents is 1. The highest BCUT2D eigenvalue weighted by molar-refractivity contribution is 7.92. The van der Waals surface area contributed by atoms with Crippen LogP contribution in [0.25, 0.3) is 0 Å². The molecule has 102 valence electrons. The van der Waals surface area contributed by atoms with Crippen LogP contribution in [0.3, 0.4) is 0 Å². The Morgan fingerprint density at radius 3 is 2.61 bits per heavy atom. The molecule has 0 unspecified atom stereocenters. The molecule has 0 heterocycles. The summed E-state index contributed by atoms with van der Waals surface area (Å²) in [4.78, 5) is 0. The maximum Gasteiger partial charge on any atom is 0.236 e. The summed E-state index contributed by atoms with van der Waals surface area (Å²) in [7, 11) is -1.88. The molecule has 2 N–H and O–H groups in total. The van der Waals surface area contributed by atoms with Gasteiger partial charge >= 0.3 is 0 Å². The molecule has 1 aromatic carbocycles. The van der Waals surface area contributed by atoms with Gasteiger partial charge in [-0.3, -0.25) is 4.31 Å². The van der Waals surface area contributed by atoms with Gasteiger partial charge in [0.1, 0.15) is 5.75 Å². The Labute approximate surface area is 108 Å². The standard InChI is InChI=1S/C12H20N2O3S/c1-10(2)13-7-8-18(16,17)14(3)11-5-4-6-12(15)9-11/h4-6,9-10,13,15H,7-8H2,1-3H3. The Kier molecular flexibility index (Phi) is 4.98. The van der Waals surface area contributed by atoms with E-state index in [1.807, 2.05) is 13.8 Å². The third kappa shape index (κ3) is 4.19. The van der Waals surface area contributed by atoms with E-state index in [0.29, 0.717) is 12.2 Å². The fraction of sp³-hybridized carbons (Fsp3) is 0.500. The lowest BCUT2D eigenvalue weighted by Crippen LogP contribution is -2.35. The van der Waals surface area contributed by atoms with Crippen LogP contribution in [0.4, 0.5) is 5.69 Å². The minimum atomic E-state index is -3.37. The van der Waals surface area contributed by atoms with E-state index < -0.39 is 10.0 Å². The van der Waals surface area contributed by atoms with E-state index in [1.165, 1.54) is 23.5 Å². The molecule has 0 bridgehead atoms. The molecule has 0 aliphatic carbocycles. The number of aromatic hydroxyl groups is 1. The minimum absolute atomic E-state index is 0.0251. The Bertz CT molecular complexity index is 486. The lowest BCUT2D eigenvalue weighted by atomic mass is 10.3. The molecular formula is C12H20N2O3S. The van der Waals surface area contributed by atoms with Crippen molar-refractivity contribution in [3.8, 4) is 5.75 Å². The molecule has 0 amide bonds. The molecule has 0 fully saturated rings. The highest BCUT2D eigenvalue weighted by Gasteiger charge is 2.18. The van der Waals surface area contributed by atoms with Gasteiger partial charge in [-0.05, 0) is 12.1 Å². The topological polar surface area (TPSA) is 69.6 Å². The molecule has 1 rings (SSSR count). The number of nitrogens with one attached hydrogen (secondary N) is 1. The molecule has 0 spiro atoms. The van der Waals surface area contributed by atoms with Gasteiger partial charge in [-0.2, -0.15) is 0 Å². The molecule has 18 heavy (non-hydrogen) atoms. The van der Waals surface area contributed by atoms with Crippen LogP contribution in [0, 0.1) is 0 Å². The number of anilines is 1. The van der Waals surface area contributed by atoms with Crippen LogP contribution in [0.1, 0.15) is 13.8 Å². The van der Waals surface area contributed by atoms with Crippen molar-refractivity contribution in [1.82, 2.24) is 5.32 Å². The van der Waals surface area contributed by atoms with E-state index in [1.54, 1.807) is 12.1 Å². The molecule has 0 saturated carbocycles. The Hall–Kier alpha value is -1.27. The Morgan fingerprint density at radius 1 is 1.39 bits per heavy atom. The summed E-state index contributed by atoms with van der Waals surface area (Å²) in [5.74, 6) is 0.0759. The van der Waals surface area contributed by atoms with Crippen LogP contribution in [0.5, 0.6) is 5.75 Å². The molecule has 0 atom stereocenters. The Balaban J connectivity index is 2.73. The van der Waals surface area contributed by atoms with Crippen LogP contribution >= 0.6 is 0 Å². The van der Waals surface area contributed by atoms with E-state index in [4.69, 9.17) is 0 Å². The molecule has 6 heteroatoms. The fourth-order valence-corrected chi connectivity index (χ4v) is 2.55. The third-order valence-corrected chi connectivity index (χ3v) is 4.29. The summed E-state index contributed by atoms with van der Waals surface area (Å²) < 4.78 is 25.2. The molecule has 0 aromatic heterocycles. The molecule has 1 aromatic rings. The van der Waals surface area contributed by atoms with Crippen molar-refractivity contribution in [2.24, 2.45) is 0 Å². The average Bonchev–Trinajstić information content (AvgIpc) is 2.27. The lowest BCUT2D eigenvalue weighted by Gasteiger charge is -2.20. The zero-order valence-corrected chi connectivity index (χ0v) is 11.7. The highest BCUT2D eigenvalue weighted by Crippen LogP contribution is 2.21. The van der Waals surface area contributed by atoms with Gasteiger partial charge in [-0.25, -0.2) is 8.42 Å². The van der Waals surface area contributed by atoms with Crippen molar-refractivity contribution in [3.05, 3.63) is 24.3 Å². The number of benzene rings is 1. The van der Waals surface area contributed by atoms with Crippen molar-refractivity contribution in [2.45, 2.75) is 19.9 Å². The average molecular weight is 272 g/mol. The quantitative estimate of drug-likeness (QED) is 0.815. The monoisotopic (exact) mass is 272 g/mol. The first-order valence-corrected chi connectivity index (χ1v) is 7.43. The van der Waals surface area contributed by atoms with Crippen molar-refractivity contribution in [3.63, 3.8) is 0 Å². The predicted molar refractivity (Wildman–Crippen MR) is 73.4 cm³/mol. The molecule has 0 radical (unpaired) electrons. The van der Waals surface area contributed by atoms with E-state index in [0.717, 1.165) is 0 Å². The van der Waals surface area contributed by atoms with Crippen LogP contribution < -0.4 is 9.62 Å². The van der Waals surface area contributed by atoms with Crippen molar-refractivity contribution >= 4 is 15.7 Å². The molecule has 0 aliphatic rings. The maximum absolute atomic E-state index is 12.0. The van der Waals surface area contributed by atoms with Crippen molar-refractivity contribution in [1.29, 1.82) is 0 Å². The highest BCUT2D eigenvalue weighted by atomic mass is 32.2. The van der Waals surface area contributed by atoms with Gasteiger partial charge in [-0.15, -0.1) is 0 Å². The smallest absolute Gasteiger partial charge is 0.236 e. The van der Waals surface area contributed by atoms with Gasteiger partial charge in [0.15, 0.2) is 0 Å². The van der Waals surface area contributed by atoms with Gasteiger partial charge in [0.05, 0.1) is 11.4 Å². The molecular weight excluding hydrogens is 252 g/mol. The number of sulfonamides is 1. The number of nitrogens with zero attached hydrogens (tertiary/aromatic N) is 1. The van der Waals surface area contributed by atoms with Crippen molar-refractivity contribution in [2.75, 3.05) is 23.7 Å². The predicted octanol–water partition coefficient (Wildman–Crippen LogP) is 1.16. The van der Waals surface area contributed by atoms with Gasteiger partial charge in [0, 0.05) is 25.7 Å². The lowest BCUT2D eigenvalue weighted by molar-refractivity contribution is 0.475. The largest absolute Gasteiger partial charge is 0.508 e. The number of hydrogen-bond donors (Lipinski definition) is 2. The SMILES string of the molecule is CC(C)NCCS(=O)(=O)N(C)c1cccc(O)c1. The van der Waals surface area contributed by atoms with E-state index in [9.17, 15) is 13.5 Å². The maximum atomic E-state index is 12.0. The summed E-state index contributed by atoms with van der Waals surface area (Å²) in [6.07, 6.45) is 0. The van der Waals surface area contributed by atoms with E-state index >= 15 is 0 Å². The Morgan fingerprint density at radius 2 is 2.06 bits per heavy atom. The van der Waals surface area contributed by atoms with Gasteiger partial charge < -0.3 is 10.4 Å². The van der Waals surface area contributed by atoms with Gasteiger partial charge in [0.2, 0.25) is 10.0 Å². The first-order chi connectivity index (χ1) is 8.33. The van der Waals surface area contributed by atoms with Crippen LogP contribution in [0.2, 0.25) is 0 Å². The number of rotatable bonds is 6. The van der Waals surface area contributed by atoms with Crippen LogP contribution in [-0.2, 0) is 10.0 Å². The summed E-state index contributed by atoms with van der Waals surface area (Å²) in [6.45, 7) is 4.33. The summed E-state index contributed by atoms with van der Waals surface area (Å²) in [6, 6.07) is 6.44. The van der Waals surface area contributed by atoms with Gasteiger partial charge in [-0.1, -0.05) is 19.9 Å². The zero-order chi connectivity index (χ0) is 13.8. The van der Waals surface area contributed by atoms with Crippen molar-refractivity contribution < 1.29 is 13.5 Å². The van der Waals surface area contributed by atoms with Crippen LogP contribution in [0.15, 0.2) is 24.3 Å². The fourth-order valence-electron chi connectivity index (χ4n) is 1.46. The second kappa shape index (κ2) is 6.06. The molecule has 5 nitrogen and oxygen atoms in total.